The lowest BCUT2D eigenvalue weighted by Crippen LogP contribution is -2.47. The van der Waals surface area contributed by atoms with Crippen LogP contribution in [0.1, 0.15) is 36.5 Å². The number of carbonyl (C=O) groups excluding carboxylic acids is 1. The van der Waals surface area contributed by atoms with Crippen LogP contribution in [0, 0.1) is 13.8 Å². The highest BCUT2D eigenvalue weighted by Gasteiger charge is 2.35. The number of aryl methyl sites for hydroxylation is 2. The van der Waals surface area contributed by atoms with Crippen LogP contribution in [0.25, 0.3) is 0 Å². The molecule has 27 heavy (non-hydrogen) atoms. The standard InChI is InChI=1S/C23H29NO3/c1-17-9-10-21(18(2)15-17)27-19(3)22(25)24-16-23(11-13-26-14-12-23)20-7-5-4-6-8-20/h4-10,15,19H,11-14,16H2,1-3H3,(H,24,25)/t19-/m1/s1. The van der Waals surface area contributed by atoms with Crippen molar-refractivity contribution in [3.8, 4) is 5.75 Å². The topological polar surface area (TPSA) is 47.6 Å². The largest absolute Gasteiger partial charge is 0.481 e. The van der Waals surface area contributed by atoms with Gasteiger partial charge in [0, 0.05) is 25.2 Å². The third kappa shape index (κ3) is 4.69. The highest BCUT2D eigenvalue weighted by Crippen LogP contribution is 2.34. The second-order valence-electron chi connectivity index (χ2n) is 7.51. The SMILES string of the molecule is Cc1ccc(O[C@H](C)C(=O)NCC2(c3ccccc3)CCOCC2)c(C)c1. The summed E-state index contributed by atoms with van der Waals surface area (Å²) in [5.41, 5.74) is 3.41. The van der Waals surface area contributed by atoms with E-state index in [2.05, 4.69) is 35.6 Å². The van der Waals surface area contributed by atoms with E-state index in [4.69, 9.17) is 9.47 Å². The molecule has 1 amide bonds. The summed E-state index contributed by atoms with van der Waals surface area (Å²) in [7, 11) is 0. The van der Waals surface area contributed by atoms with Gasteiger partial charge in [-0.1, -0.05) is 48.0 Å². The fourth-order valence-electron chi connectivity index (χ4n) is 3.70. The molecule has 1 N–H and O–H groups in total. The van der Waals surface area contributed by atoms with E-state index in [9.17, 15) is 4.79 Å². The summed E-state index contributed by atoms with van der Waals surface area (Å²) < 4.78 is 11.5. The third-order valence-corrected chi connectivity index (χ3v) is 5.44. The lowest BCUT2D eigenvalue weighted by atomic mass is 9.74. The van der Waals surface area contributed by atoms with E-state index >= 15 is 0 Å². The second kappa shape index (κ2) is 8.57. The molecule has 0 saturated carbocycles. The average molecular weight is 367 g/mol. The van der Waals surface area contributed by atoms with Gasteiger partial charge in [0.2, 0.25) is 0 Å². The molecule has 1 aliphatic rings. The zero-order valence-corrected chi connectivity index (χ0v) is 16.5. The molecule has 0 aromatic heterocycles. The molecule has 0 spiro atoms. The molecule has 0 unspecified atom stereocenters. The third-order valence-electron chi connectivity index (χ3n) is 5.44. The fourth-order valence-corrected chi connectivity index (χ4v) is 3.70. The number of hydrogen-bond acceptors (Lipinski definition) is 3. The maximum atomic E-state index is 12.7. The van der Waals surface area contributed by atoms with Gasteiger partial charge in [-0.25, -0.2) is 0 Å². The lowest BCUT2D eigenvalue weighted by Gasteiger charge is -2.38. The highest BCUT2D eigenvalue weighted by atomic mass is 16.5. The predicted octanol–water partition coefficient (Wildman–Crippen LogP) is 3.94. The van der Waals surface area contributed by atoms with Gasteiger partial charge in [0.15, 0.2) is 6.10 Å². The molecule has 4 heteroatoms. The van der Waals surface area contributed by atoms with Gasteiger partial charge in [-0.15, -0.1) is 0 Å². The van der Waals surface area contributed by atoms with Gasteiger partial charge in [-0.3, -0.25) is 4.79 Å². The van der Waals surface area contributed by atoms with Crippen LogP contribution in [0.2, 0.25) is 0 Å². The Balaban J connectivity index is 1.65. The van der Waals surface area contributed by atoms with Crippen molar-refractivity contribution < 1.29 is 14.3 Å². The Hall–Kier alpha value is -2.33. The molecular formula is C23H29NO3. The van der Waals surface area contributed by atoms with Crippen molar-refractivity contribution >= 4 is 5.91 Å². The molecule has 1 atom stereocenters. The minimum absolute atomic E-state index is 0.0747. The van der Waals surface area contributed by atoms with Crippen LogP contribution < -0.4 is 10.1 Å². The molecule has 1 fully saturated rings. The zero-order chi connectivity index (χ0) is 19.3. The van der Waals surface area contributed by atoms with E-state index in [1.165, 1.54) is 11.1 Å². The number of nitrogens with one attached hydrogen (secondary N) is 1. The molecule has 0 aliphatic carbocycles. The van der Waals surface area contributed by atoms with Crippen LogP contribution in [-0.4, -0.2) is 31.8 Å². The normalized spacial score (nSPS) is 17.1. The molecule has 1 heterocycles. The van der Waals surface area contributed by atoms with Crippen molar-refractivity contribution in [2.45, 2.75) is 45.1 Å². The Morgan fingerprint density at radius 1 is 1.15 bits per heavy atom. The Morgan fingerprint density at radius 2 is 1.85 bits per heavy atom. The van der Waals surface area contributed by atoms with E-state index in [1.807, 2.05) is 32.0 Å². The van der Waals surface area contributed by atoms with E-state index in [0.717, 1.165) is 37.4 Å². The summed E-state index contributed by atoms with van der Waals surface area (Å²) in [5, 5.41) is 3.12. The Kier molecular flexibility index (Phi) is 6.17. The van der Waals surface area contributed by atoms with Crippen molar-refractivity contribution in [1.82, 2.24) is 5.32 Å². The molecule has 1 saturated heterocycles. The van der Waals surface area contributed by atoms with E-state index in [0.29, 0.717) is 6.54 Å². The zero-order valence-electron chi connectivity index (χ0n) is 16.5. The first kappa shape index (κ1) is 19.4. The summed E-state index contributed by atoms with van der Waals surface area (Å²) in [6.45, 7) is 7.88. The maximum Gasteiger partial charge on any atom is 0.260 e. The predicted molar refractivity (Wildman–Crippen MR) is 107 cm³/mol. The van der Waals surface area contributed by atoms with Gasteiger partial charge in [0.25, 0.3) is 5.91 Å². The first-order chi connectivity index (χ1) is 13.0. The van der Waals surface area contributed by atoms with E-state index in [-0.39, 0.29) is 11.3 Å². The maximum absolute atomic E-state index is 12.7. The fraction of sp³-hybridized carbons (Fsp3) is 0.435. The monoisotopic (exact) mass is 367 g/mol. The summed E-state index contributed by atoms with van der Waals surface area (Å²) in [6.07, 6.45) is 1.27. The number of benzene rings is 2. The summed E-state index contributed by atoms with van der Waals surface area (Å²) >= 11 is 0. The molecular weight excluding hydrogens is 338 g/mol. The first-order valence-corrected chi connectivity index (χ1v) is 9.65. The van der Waals surface area contributed by atoms with Crippen LogP contribution >= 0.6 is 0 Å². The number of carbonyl (C=O) groups is 1. The van der Waals surface area contributed by atoms with Crippen molar-refractivity contribution in [2.75, 3.05) is 19.8 Å². The average Bonchev–Trinajstić information content (AvgIpc) is 2.69. The van der Waals surface area contributed by atoms with Crippen LogP contribution in [0.15, 0.2) is 48.5 Å². The number of ether oxygens (including phenoxy) is 2. The van der Waals surface area contributed by atoms with Gasteiger partial charge in [0.05, 0.1) is 0 Å². The van der Waals surface area contributed by atoms with Crippen molar-refractivity contribution in [2.24, 2.45) is 0 Å². The minimum Gasteiger partial charge on any atom is -0.481 e. The van der Waals surface area contributed by atoms with E-state index < -0.39 is 6.10 Å². The highest BCUT2D eigenvalue weighted by molar-refractivity contribution is 5.80. The molecule has 4 nitrogen and oxygen atoms in total. The summed E-state index contributed by atoms with van der Waals surface area (Å²) in [4.78, 5) is 12.7. The second-order valence-corrected chi connectivity index (χ2v) is 7.51. The minimum atomic E-state index is -0.543. The van der Waals surface area contributed by atoms with Crippen molar-refractivity contribution in [1.29, 1.82) is 0 Å². The van der Waals surface area contributed by atoms with Gasteiger partial charge in [-0.2, -0.15) is 0 Å². The Morgan fingerprint density at radius 3 is 2.52 bits per heavy atom. The Labute approximate surface area is 161 Å². The van der Waals surface area contributed by atoms with Gasteiger partial charge in [0.1, 0.15) is 5.75 Å². The molecule has 144 valence electrons. The first-order valence-electron chi connectivity index (χ1n) is 9.65. The number of hydrogen-bond donors (Lipinski definition) is 1. The molecule has 2 aromatic rings. The molecule has 2 aromatic carbocycles. The van der Waals surface area contributed by atoms with Crippen molar-refractivity contribution in [3.05, 3.63) is 65.2 Å². The van der Waals surface area contributed by atoms with Crippen molar-refractivity contribution in [3.63, 3.8) is 0 Å². The molecule has 0 bridgehead atoms. The molecule has 0 radical (unpaired) electrons. The van der Waals surface area contributed by atoms with Crippen LogP contribution in [-0.2, 0) is 14.9 Å². The quantitative estimate of drug-likeness (QED) is 0.841. The molecule has 3 rings (SSSR count). The molecule has 1 aliphatic heterocycles. The Bertz CT molecular complexity index is 766. The van der Waals surface area contributed by atoms with Gasteiger partial charge < -0.3 is 14.8 Å². The van der Waals surface area contributed by atoms with Crippen LogP contribution in [0.5, 0.6) is 5.75 Å². The lowest BCUT2D eigenvalue weighted by molar-refractivity contribution is -0.127. The number of amides is 1. The smallest absolute Gasteiger partial charge is 0.260 e. The van der Waals surface area contributed by atoms with Crippen LogP contribution in [0.3, 0.4) is 0 Å². The summed E-state index contributed by atoms with van der Waals surface area (Å²) in [5.74, 6) is 0.670. The van der Waals surface area contributed by atoms with Gasteiger partial charge >= 0.3 is 0 Å². The number of rotatable bonds is 6. The van der Waals surface area contributed by atoms with Gasteiger partial charge in [-0.05, 0) is 50.8 Å². The summed E-state index contributed by atoms with van der Waals surface area (Å²) in [6, 6.07) is 16.4. The van der Waals surface area contributed by atoms with E-state index in [1.54, 1.807) is 6.92 Å². The van der Waals surface area contributed by atoms with Crippen LogP contribution in [0.4, 0.5) is 0 Å².